The molecule has 1 aromatic rings. The monoisotopic (exact) mass is 214 g/mol. The second-order valence-corrected chi connectivity index (χ2v) is 4.38. The molecule has 0 aliphatic heterocycles. The maximum atomic E-state index is 11.4. The first-order valence-corrected chi connectivity index (χ1v) is 6.12. The van der Waals surface area contributed by atoms with Gasteiger partial charge in [0, 0.05) is 6.42 Å². The van der Waals surface area contributed by atoms with E-state index >= 15 is 0 Å². The smallest absolute Gasteiger partial charge is 0.158 e. The van der Waals surface area contributed by atoms with E-state index in [9.17, 15) is 4.79 Å². The molecule has 2 rings (SSSR count). The van der Waals surface area contributed by atoms with Gasteiger partial charge in [-0.05, 0) is 43.2 Å². The van der Waals surface area contributed by atoms with Gasteiger partial charge in [0.1, 0.15) is 0 Å². The third-order valence-electron chi connectivity index (χ3n) is 3.11. The minimum atomic E-state index is 0.375. The predicted octanol–water partition coefficient (Wildman–Crippen LogP) is 3.69. The molecule has 0 radical (unpaired) electrons. The van der Waals surface area contributed by atoms with Gasteiger partial charge in [0.2, 0.25) is 0 Å². The first-order chi connectivity index (χ1) is 7.86. The molecule has 1 saturated carbocycles. The lowest BCUT2D eigenvalue weighted by atomic mass is 10.1. The molecule has 1 aliphatic carbocycles. The average Bonchev–Trinajstić information content (AvgIpc) is 2.72. The number of unbranched alkanes of at least 4 members (excludes halogenated alkanes) is 1. The number of rotatable bonds is 4. The van der Waals surface area contributed by atoms with Crippen molar-refractivity contribution < 1.29 is 4.79 Å². The molecule has 0 unspecified atom stereocenters. The van der Waals surface area contributed by atoms with Gasteiger partial charge in [-0.2, -0.15) is 0 Å². The summed E-state index contributed by atoms with van der Waals surface area (Å²) < 4.78 is 0. The molecular weight excluding hydrogens is 196 g/mol. The third kappa shape index (κ3) is 3.06. The zero-order valence-electron chi connectivity index (χ0n) is 9.61. The Labute approximate surface area is 97.2 Å². The van der Waals surface area contributed by atoms with Gasteiger partial charge in [0.25, 0.3) is 0 Å². The lowest BCUT2D eigenvalue weighted by Crippen LogP contribution is -1.91. The van der Waals surface area contributed by atoms with Crippen LogP contribution in [0.25, 0.3) is 0 Å². The molecule has 0 aromatic heterocycles. The average molecular weight is 214 g/mol. The van der Waals surface area contributed by atoms with Crippen LogP contribution in [0, 0.1) is 0 Å². The summed E-state index contributed by atoms with van der Waals surface area (Å²) >= 11 is 0. The van der Waals surface area contributed by atoms with Crippen LogP contribution in [0.4, 0.5) is 0 Å². The second kappa shape index (κ2) is 5.64. The minimum absolute atomic E-state index is 0.375. The topological polar surface area (TPSA) is 17.1 Å². The van der Waals surface area contributed by atoms with Crippen LogP contribution in [-0.2, 0) is 11.2 Å². The molecule has 0 saturated heterocycles. The molecule has 1 heteroatoms. The fourth-order valence-electron chi connectivity index (χ4n) is 2.18. The highest BCUT2D eigenvalue weighted by atomic mass is 16.1. The van der Waals surface area contributed by atoms with Gasteiger partial charge in [0.15, 0.2) is 5.78 Å². The molecule has 0 amide bonds. The fourth-order valence-corrected chi connectivity index (χ4v) is 2.18. The summed E-state index contributed by atoms with van der Waals surface area (Å²) in [6.07, 6.45) is 8.27. The van der Waals surface area contributed by atoms with Crippen molar-refractivity contribution in [2.75, 3.05) is 0 Å². The van der Waals surface area contributed by atoms with Gasteiger partial charge < -0.3 is 0 Å². The summed E-state index contributed by atoms with van der Waals surface area (Å²) in [6, 6.07) is 10.5. The molecule has 1 aliphatic rings. The third-order valence-corrected chi connectivity index (χ3v) is 3.11. The SMILES string of the molecule is O=C1CCC/C1=C\CCCc1ccccc1. The van der Waals surface area contributed by atoms with E-state index in [4.69, 9.17) is 0 Å². The quantitative estimate of drug-likeness (QED) is 0.552. The Morgan fingerprint density at radius 2 is 1.94 bits per heavy atom. The summed E-state index contributed by atoms with van der Waals surface area (Å²) in [6.45, 7) is 0. The van der Waals surface area contributed by atoms with Crippen LogP contribution in [0.5, 0.6) is 0 Å². The van der Waals surface area contributed by atoms with E-state index in [0.29, 0.717) is 5.78 Å². The number of carbonyl (C=O) groups excluding carboxylic acids is 1. The van der Waals surface area contributed by atoms with Gasteiger partial charge in [-0.3, -0.25) is 4.79 Å². The summed E-state index contributed by atoms with van der Waals surface area (Å²) in [7, 11) is 0. The van der Waals surface area contributed by atoms with E-state index in [1.807, 2.05) is 6.07 Å². The largest absolute Gasteiger partial charge is 0.295 e. The van der Waals surface area contributed by atoms with Crippen LogP contribution in [0.2, 0.25) is 0 Å². The minimum Gasteiger partial charge on any atom is -0.295 e. The number of aryl methyl sites for hydroxylation is 1. The van der Waals surface area contributed by atoms with Crippen molar-refractivity contribution in [1.82, 2.24) is 0 Å². The number of Topliss-reactive ketones (excluding diaryl/α,β-unsaturated/α-hetero) is 1. The van der Waals surface area contributed by atoms with Crippen molar-refractivity contribution in [2.24, 2.45) is 0 Å². The van der Waals surface area contributed by atoms with E-state index < -0.39 is 0 Å². The molecular formula is C15H18O. The molecule has 1 fully saturated rings. The number of ketones is 1. The van der Waals surface area contributed by atoms with Gasteiger partial charge in [-0.1, -0.05) is 36.4 Å². The highest BCUT2D eigenvalue weighted by Gasteiger charge is 2.15. The predicted molar refractivity (Wildman–Crippen MR) is 66.3 cm³/mol. The van der Waals surface area contributed by atoms with Gasteiger partial charge in [-0.15, -0.1) is 0 Å². The Hall–Kier alpha value is -1.37. The Balaban J connectivity index is 1.75. The molecule has 1 nitrogen and oxygen atoms in total. The van der Waals surface area contributed by atoms with Crippen molar-refractivity contribution in [3.63, 3.8) is 0 Å². The molecule has 0 N–H and O–H groups in total. The summed E-state index contributed by atoms with van der Waals surface area (Å²) in [5.74, 6) is 0.375. The molecule has 16 heavy (non-hydrogen) atoms. The Kier molecular flexibility index (Phi) is 3.92. The molecule has 0 spiro atoms. The van der Waals surface area contributed by atoms with E-state index in [1.54, 1.807) is 0 Å². The van der Waals surface area contributed by atoms with Crippen LogP contribution >= 0.6 is 0 Å². The Bertz CT molecular complexity index is 376. The van der Waals surface area contributed by atoms with Gasteiger partial charge in [-0.25, -0.2) is 0 Å². The zero-order chi connectivity index (χ0) is 11.2. The maximum absolute atomic E-state index is 11.4. The normalized spacial score (nSPS) is 18.2. The van der Waals surface area contributed by atoms with E-state index in [-0.39, 0.29) is 0 Å². The van der Waals surface area contributed by atoms with Crippen molar-refractivity contribution in [2.45, 2.75) is 38.5 Å². The molecule has 84 valence electrons. The lowest BCUT2D eigenvalue weighted by Gasteiger charge is -1.99. The van der Waals surface area contributed by atoms with Crippen molar-refractivity contribution >= 4 is 5.78 Å². The van der Waals surface area contributed by atoms with Gasteiger partial charge >= 0.3 is 0 Å². The molecule has 0 bridgehead atoms. The van der Waals surface area contributed by atoms with Crippen molar-refractivity contribution in [3.8, 4) is 0 Å². The van der Waals surface area contributed by atoms with E-state index in [0.717, 1.165) is 44.1 Å². The van der Waals surface area contributed by atoms with Crippen molar-refractivity contribution in [1.29, 1.82) is 0 Å². The van der Waals surface area contributed by atoms with E-state index in [1.165, 1.54) is 5.56 Å². The van der Waals surface area contributed by atoms with E-state index in [2.05, 4.69) is 30.3 Å². The number of allylic oxidation sites excluding steroid dienone is 2. The summed E-state index contributed by atoms with van der Waals surface area (Å²) in [5.41, 5.74) is 2.46. The first-order valence-electron chi connectivity index (χ1n) is 6.12. The van der Waals surface area contributed by atoms with Gasteiger partial charge in [0.05, 0.1) is 0 Å². The Morgan fingerprint density at radius 1 is 1.12 bits per heavy atom. The highest BCUT2D eigenvalue weighted by molar-refractivity contribution is 5.97. The second-order valence-electron chi connectivity index (χ2n) is 4.38. The number of hydrogen-bond acceptors (Lipinski definition) is 1. The molecule has 0 atom stereocenters. The first kappa shape index (κ1) is 11.1. The van der Waals surface area contributed by atoms with Crippen LogP contribution < -0.4 is 0 Å². The summed E-state index contributed by atoms with van der Waals surface area (Å²) in [5, 5.41) is 0. The molecule has 1 aromatic carbocycles. The van der Waals surface area contributed by atoms with Crippen LogP contribution in [-0.4, -0.2) is 5.78 Å². The van der Waals surface area contributed by atoms with Crippen molar-refractivity contribution in [3.05, 3.63) is 47.5 Å². The summed E-state index contributed by atoms with van der Waals surface area (Å²) in [4.78, 5) is 11.4. The zero-order valence-corrected chi connectivity index (χ0v) is 9.61. The Morgan fingerprint density at radius 3 is 2.62 bits per heavy atom. The molecule has 0 heterocycles. The standard InChI is InChI=1S/C15H18O/c16-15-12-6-11-14(15)10-5-4-9-13-7-2-1-3-8-13/h1-3,7-8,10H,4-6,9,11-12H2/b14-10+. The fraction of sp³-hybridized carbons (Fsp3) is 0.400. The van der Waals surface area contributed by atoms with Crippen LogP contribution in [0.1, 0.15) is 37.7 Å². The number of carbonyl (C=O) groups is 1. The number of hydrogen-bond donors (Lipinski definition) is 0. The number of benzene rings is 1. The highest BCUT2D eigenvalue weighted by Crippen LogP contribution is 2.21. The van der Waals surface area contributed by atoms with Crippen LogP contribution in [0.15, 0.2) is 42.0 Å². The van der Waals surface area contributed by atoms with Crippen LogP contribution in [0.3, 0.4) is 0 Å². The maximum Gasteiger partial charge on any atom is 0.158 e. The lowest BCUT2D eigenvalue weighted by molar-refractivity contribution is -0.114.